The molecule has 0 saturated heterocycles. The van der Waals surface area contributed by atoms with Crippen LogP contribution in [-0.4, -0.2) is 30.5 Å². The summed E-state index contributed by atoms with van der Waals surface area (Å²) in [5.74, 6) is -0.230. The standard InChI is InChI=1S/C26H20N2O4S/c1-17-8-3-6-13-24(17)33(30,31)28-23-15-14-19(26(29)32-2)16-22(23)27-25(28)21-12-7-10-18-9-4-5-11-20(18)21/h3-16H,1-2H3. The van der Waals surface area contributed by atoms with Crippen LogP contribution in [0.4, 0.5) is 0 Å². The van der Waals surface area contributed by atoms with E-state index < -0.39 is 16.0 Å². The van der Waals surface area contributed by atoms with E-state index in [1.807, 2.05) is 42.5 Å². The number of ether oxygens (including phenoxy) is 1. The Bertz CT molecular complexity index is 1650. The Labute approximate surface area is 191 Å². The predicted octanol–water partition coefficient (Wildman–Crippen LogP) is 5.19. The number of aromatic nitrogens is 2. The number of imidazole rings is 1. The van der Waals surface area contributed by atoms with Crippen molar-refractivity contribution in [3.63, 3.8) is 0 Å². The molecule has 0 fully saturated rings. The van der Waals surface area contributed by atoms with E-state index in [9.17, 15) is 13.2 Å². The van der Waals surface area contributed by atoms with Gasteiger partial charge in [-0.2, -0.15) is 0 Å². The van der Waals surface area contributed by atoms with Crippen molar-refractivity contribution in [1.29, 1.82) is 0 Å². The second-order valence-electron chi connectivity index (χ2n) is 7.69. The molecule has 0 bridgehead atoms. The number of methoxy groups -OCH3 is 1. The van der Waals surface area contributed by atoms with Crippen LogP contribution in [0.5, 0.6) is 0 Å². The van der Waals surface area contributed by atoms with E-state index in [0.29, 0.717) is 27.7 Å². The highest BCUT2D eigenvalue weighted by Crippen LogP contribution is 2.34. The predicted molar refractivity (Wildman–Crippen MR) is 128 cm³/mol. The van der Waals surface area contributed by atoms with Gasteiger partial charge in [0.15, 0.2) is 5.82 Å². The molecule has 0 spiro atoms. The highest BCUT2D eigenvalue weighted by Gasteiger charge is 2.27. The number of rotatable bonds is 4. The van der Waals surface area contributed by atoms with Crippen LogP contribution in [0.1, 0.15) is 15.9 Å². The van der Waals surface area contributed by atoms with Gasteiger partial charge in [-0.3, -0.25) is 0 Å². The van der Waals surface area contributed by atoms with Crippen molar-refractivity contribution < 1.29 is 17.9 Å². The van der Waals surface area contributed by atoms with Gasteiger partial charge in [0.1, 0.15) is 0 Å². The Morgan fingerprint density at radius 3 is 2.42 bits per heavy atom. The van der Waals surface area contributed by atoms with Gasteiger partial charge in [0, 0.05) is 5.56 Å². The zero-order valence-electron chi connectivity index (χ0n) is 18.0. The van der Waals surface area contributed by atoms with E-state index in [1.54, 1.807) is 49.4 Å². The van der Waals surface area contributed by atoms with Gasteiger partial charge in [-0.15, -0.1) is 0 Å². The molecule has 0 N–H and O–H groups in total. The fraction of sp³-hybridized carbons (Fsp3) is 0.0769. The van der Waals surface area contributed by atoms with Crippen LogP contribution in [0.3, 0.4) is 0 Å². The molecule has 0 aliphatic heterocycles. The van der Waals surface area contributed by atoms with Gasteiger partial charge in [-0.05, 0) is 47.5 Å². The van der Waals surface area contributed by atoms with Crippen LogP contribution in [-0.2, 0) is 14.8 Å². The second kappa shape index (κ2) is 7.86. The van der Waals surface area contributed by atoms with Gasteiger partial charge in [0.25, 0.3) is 10.0 Å². The molecule has 4 aromatic carbocycles. The smallest absolute Gasteiger partial charge is 0.337 e. The lowest BCUT2D eigenvalue weighted by Crippen LogP contribution is -2.15. The normalized spacial score (nSPS) is 11.7. The molecule has 5 aromatic rings. The van der Waals surface area contributed by atoms with Crippen molar-refractivity contribution in [3.05, 3.63) is 96.1 Å². The maximum absolute atomic E-state index is 14.0. The summed E-state index contributed by atoms with van der Waals surface area (Å²) in [4.78, 5) is 17.0. The zero-order chi connectivity index (χ0) is 23.2. The second-order valence-corrected chi connectivity index (χ2v) is 9.45. The van der Waals surface area contributed by atoms with E-state index in [-0.39, 0.29) is 10.7 Å². The van der Waals surface area contributed by atoms with Gasteiger partial charge in [0.2, 0.25) is 0 Å². The number of nitrogens with zero attached hydrogens (tertiary/aromatic N) is 2. The van der Waals surface area contributed by atoms with E-state index in [4.69, 9.17) is 9.72 Å². The molecular weight excluding hydrogens is 436 g/mol. The van der Waals surface area contributed by atoms with E-state index in [0.717, 1.165) is 10.8 Å². The van der Waals surface area contributed by atoms with E-state index in [2.05, 4.69) is 0 Å². The summed E-state index contributed by atoms with van der Waals surface area (Å²) < 4.78 is 34.0. The van der Waals surface area contributed by atoms with Gasteiger partial charge >= 0.3 is 5.97 Å². The van der Waals surface area contributed by atoms with Gasteiger partial charge < -0.3 is 4.74 Å². The highest BCUT2D eigenvalue weighted by molar-refractivity contribution is 7.90. The minimum Gasteiger partial charge on any atom is -0.465 e. The topological polar surface area (TPSA) is 78.3 Å². The number of esters is 1. The van der Waals surface area contributed by atoms with Gasteiger partial charge in [-0.1, -0.05) is 60.7 Å². The molecule has 0 amide bonds. The number of fused-ring (bicyclic) bond motifs is 2. The van der Waals surface area contributed by atoms with Crippen LogP contribution in [0, 0.1) is 6.92 Å². The molecule has 0 aliphatic rings. The minimum atomic E-state index is -4.00. The largest absolute Gasteiger partial charge is 0.465 e. The van der Waals surface area contributed by atoms with Crippen LogP contribution in [0.25, 0.3) is 33.2 Å². The van der Waals surface area contributed by atoms with Crippen molar-refractivity contribution in [3.8, 4) is 11.4 Å². The number of carbonyl (C=O) groups excluding carboxylic acids is 1. The summed E-state index contributed by atoms with van der Waals surface area (Å²) in [7, 11) is -2.70. The third-order valence-corrected chi connectivity index (χ3v) is 7.54. The molecule has 6 nitrogen and oxygen atoms in total. The maximum atomic E-state index is 14.0. The molecule has 33 heavy (non-hydrogen) atoms. The first-order valence-corrected chi connectivity index (χ1v) is 11.8. The number of aryl methyl sites for hydroxylation is 1. The lowest BCUT2D eigenvalue weighted by atomic mass is 10.0. The average Bonchev–Trinajstić information content (AvgIpc) is 3.22. The molecule has 0 atom stereocenters. The molecule has 1 aromatic heterocycles. The highest BCUT2D eigenvalue weighted by atomic mass is 32.2. The first-order chi connectivity index (χ1) is 15.9. The Kier molecular flexibility index (Phi) is 4.98. The number of benzene rings is 4. The summed E-state index contributed by atoms with van der Waals surface area (Å²) in [6.45, 7) is 1.76. The zero-order valence-corrected chi connectivity index (χ0v) is 18.8. The van der Waals surface area contributed by atoms with Crippen LogP contribution in [0.15, 0.2) is 89.8 Å². The number of carbonyl (C=O) groups is 1. The molecule has 7 heteroatoms. The van der Waals surface area contributed by atoms with Crippen LogP contribution >= 0.6 is 0 Å². The van der Waals surface area contributed by atoms with Crippen molar-refractivity contribution in [2.45, 2.75) is 11.8 Å². The third-order valence-electron chi connectivity index (χ3n) is 5.68. The van der Waals surface area contributed by atoms with Gasteiger partial charge in [-0.25, -0.2) is 22.2 Å². The number of hydrogen-bond acceptors (Lipinski definition) is 5. The summed E-state index contributed by atoms with van der Waals surface area (Å²) in [6.07, 6.45) is 0. The average molecular weight is 457 g/mol. The minimum absolute atomic E-state index is 0.197. The molecule has 164 valence electrons. The lowest BCUT2D eigenvalue weighted by Gasteiger charge is -2.14. The maximum Gasteiger partial charge on any atom is 0.337 e. The Morgan fingerprint density at radius 2 is 1.64 bits per heavy atom. The first-order valence-electron chi connectivity index (χ1n) is 10.3. The molecule has 1 heterocycles. The monoisotopic (exact) mass is 456 g/mol. The summed E-state index contributed by atoms with van der Waals surface area (Å²) >= 11 is 0. The quantitative estimate of drug-likeness (QED) is 0.348. The third kappa shape index (κ3) is 3.37. The Hall–Kier alpha value is -3.97. The number of hydrogen-bond donors (Lipinski definition) is 0. The van der Waals surface area contributed by atoms with Crippen molar-refractivity contribution in [1.82, 2.24) is 8.96 Å². The Morgan fingerprint density at radius 1 is 0.909 bits per heavy atom. The summed E-state index contributed by atoms with van der Waals surface area (Å²) in [5.41, 5.74) is 2.38. The molecule has 5 rings (SSSR count). The van der Waals surface area contributed by atoms with E-state index >= 15 is 0 Å². The molecule has 0 unspecified atom stereocenters. The SMILES string of the molecule is COC(=O)c1ccc2c(c1)nc(-c1cccc3ccccc13)n2S(=O)(=O)c1ccccc1C. The molecule has 0 radical (unpaired) electrons. The summed E-state index contributed by atoms with van der Waals surface area (Å²) in [6, 6.07) is 25.0. The van der Waals surface area contributed by atoms with Crippen molar-refractivity contribution >= 4 is 37.8 Å². The Balaban J connectivity index is 1.89. The van der Waals surface area contributed by atoms with Crippen molar-refractivity contribution in [2.75, 3.05) is 7.11 Å². The molecular formula is C26H20N2O4S. The summed E-state index contributed by atoms with van der Waals surface area (Å²) in [5, 5.41) is 1.85. The van der Waals surface area contributed by atoms with Crippen molar-refractivity contribution in [2.24, 2.45) is 0 Å². The lowest BCUT2D eigenvalue weighted by molar-refractivity contribution is 0.0601. The van der Waals surface area contributed by atoms with Crippen LogP contribution < -0.4 is 0 Å². The molecule has 0 saturated carbocycles. The fourth-order valence-electron chi connectivity index (χ4n) is 4.08. The van der Waals surface area contributed by atoms with Crippen LogP contribution in [0.2, 0.25) is 0 Å². The fourth-order valence-corrected chi connectivity index (χ4v) is 5.78. The van der Waals surface area contributed by atoms with Gasteiger partial charge in [0.05, 0.1) is 28.6 Å². The molecule has 0 aliphatic carbocycles. The van der Waals surface area contributed by atoms with E-state index in [1.165, 1.54) is 11.1 Å². The first kappa shape index (κ1) is 20.9.